The molecule has 2 saturated heterocycles. The molecule has 3 aliphatic rings. The lowest BCUT2D eigenvalue weighted by Crippen LogP contribution is -2.35. The summed E-state index contributed by atoms with van der Waals surface area (Å²) in [6.07, 6.45) is 13.0. The SMILES string of the molecule is Cn1c(SCCCN2CC3[C@H](CCN3c3cccnc3)C2)nnc1C1CCCCC1. The molecule has 0 amide bonds. The summed E-state index contributed by atoms with van der Waals surface area (Å²) >= 11 is 1.88. The van der Waals surface area contributed by atoms with Crippen molar-refractivity contribution in [1.29, 1.82) is 0 Å². The van der Waals surface area contributed by atoms with Crippen molar-refractivity contribution >= 4 is 17.4 Å². The van der Waals surface area contributed by atoms with Gasteiger partial charge in [0.25, 0.3) is 0 Å². The van der Waals surface area contributed by atoms with Crippen LogP contribution in [-0.2, 0) is 7.05 Å². The molecule has 0 N–H and O–H groups in total. The number of aromatic nitrogens is 4. The van der Waals surface area contributed by atoms with Crippen molar-refractivity contribution in [3.05, 3.63) is 30.4 Å². The Morgan fingerprint density at radius 2 is 2.00 bits per heavy atom. The molecule has 6 nitrogen and oxygen atoms in total. The van der Waals surface area contributed by atoms with Gasteiger partial charge in [0.15, 0.2) is 5.16 Å². The third kappa shape index (κ3) is 4.24. The second-order valence-corrected chi connectivity index (χ2v) is 10.3. The quantitative estimate of drug-likeness (QED) is 0.494. The normalized spacial score (nSPS) is 25.2. The number of rotatable bonds is 7. The molecule has 1 unspecified atom stereocenters. The molecule has 2 aromatic heterocycles. The van der Waals surface area contributed by atoms with E-state index < -0.39 is 0 Å². The van der Waals surface area contributed by atoms with Crippen LogP contribution >= 0.6 is 11.8 Å². The Bertz CT molecular complexity index is 818. The molecule has 1 aliphatic carbocycles. The molecule has 162 valence electrons. The Morgan fingerprint density at radius 1 is 1.10 bits per heavy atom. The van der Waals surface area contributed by atoms with E-state index >= 15 is 0 Å². The van der Waals surface area contributed by atoms with Crippen LogP contribution in [0.4, 0.5) is 5.69 Å². The zero-order chi connectivity index (χ0) is 20.3. The van der Waals surface area contributed by atoms with Gasteiger partial charge >= 0.3 is 0 Å². The van der Waals surface area contributed by atoms with Crippen molar-refractivity contribution in [1.82, 2.24) is 24.6 Å². The van der Waals surface area contributed by atoms with E-state index in [9.17, 15) is 0 Å². The van der Waals surface area contributed by atoms with E-state index in [1.807, 2.05) is 24.2 Å². The molecule has 0 bridgehead atoms. The summed E-state index contributed by atoms with van der Waals surface area (Å²) < 4.78 is 2.26. The Morgan fingerprint density at radius 3 is 2.83 bits per heavy atom. The Labute approximate surface area is 184 Å². The number of pyridine rings is 1. The lowest BCUT2D eigenvalue weighted by molar-refractivity contribution is 0.319. The van der Waals surface area contributed by atoms with Crippen LogP contribution in [0.2, 0.25) is 0 Å². The van der Waals surface area contributed by atoms with E-state index in [-0.39, 0.29) is 0 Å². The number of thioether (sulfide) groups is 1. The standard InChI is InChI=1S/C23H34N6S/c1-27-22(18-7-3-2-4-8-18)25-26-23(27)30-14-6-12-28-16-19-10-13-29(21(19)17-28)20-9-5-11-24-15-20/h5,9,11,15,18-19,21H,2-4,6-8,10,12-14,16-17H2,1H3/t19-,21?/m1/s1. The maximum atomic E-state index is 4.54. The molecule has 5 rings (SSSR count). The first-order valence-electron chi connectivity index (χ1n) is 11.7. The van der Waals surface area contributed by atoms with Crippen molar-refractivity contribution in [3.8, 4) is 0 Å². The van der Waals surface area contributed by atoms with Gasteiger partial charge in [0, 0.05) is 50.6 Å². The van der Waals surface area contributed by atoms with Crippen LogP contribution in [0.5, 0.6) is 0 Å². The van der Waals surface area contributed by atoms with Gasteiger partial charge in [-0.1, -0.05) is 31.0 Å². The fourth-order valence-electron chi connectivity index (χ4n) is 5.70. The number of hydrogen-bond acceptors (Lipinski definition) is 6. The average Bonchev–Trinajstić information content (AvgIpc) is 3.47. The molecule has 2 atom stereocenters. The topological polar surface area (TPSA) is 50.1 Å². The highest BCUT2D eigenvalue weighted by atomic mass is 32.2. The number of hydrogen-bond donors (Lipinski definition) is 0. The minimum Gasteiger partial charge on any atom is -0.366 e. The van der Waals surface area contributed by atoms with Crippen molar-refractivity contribution < 1.29 is 0 Å². The van der Waals surface area contributed by atoms with E-state index in [1.54, 1.807) is 0 Å². The van der Waals surface area contributed by atoms with Crippen LogP contribution in [0.3, 0.4) is 0 Å². The fraction of sp³-hybridized carbons (Fsp3) is 0.696. The molecule has 1 saturated carbocycles. The Kier molecular flexibility index (Phi) is 6.27. The van der Waals surface area contributed by atoms with Gasteiger partial charge in [0.2, 0.25) is 0 Å². The zero-order valence-corrected chi connectivity index (χ0v) is 18.9. The zero-order valence-electron chi connectivity index (χ0n) is 18.1. The highest BCUT2D eigenvalue weighted by molar-refractivity contribution is 7.99. The number of anilines is 1. The van der Waals surface area contributed by atoms with Crippen LogP contribution in [0.1, 0.15) is 56.7 Å². The summed E-state index contributed by atoms with van der Waals surface area (Å²) in [5.74, 6) is 3.77. The molecule has 3 fully saturated rings. The third-order valence-corrected chi connectivity index (χ3v) is 8.40. The van der Waals surface area contributed by atoms with E-state index in [1.165, 1.54) is 82.6 Å². The molecular weight excluding hydrogens is 392 g/mol. The van der Waals surface area contributed by atoms with E-state index in [4.69, 9.17) is 0 Å². The van der Waals surface area contributed by atoms with Gasteiger partial charge in [-0.2, -0.15) is 0 Å². The fourth-order valence-corrected chi connectivity index (χ4v) is 6.54. The molecule has 7 heteroatoms. The van der Waals surface area contributed by atoms with Gasteiger partial charge in [-0.25, -0.2) is 0 Å². The Hall–Kier alpha value is -1.60. The molecule has 30 heavy (non-hydrogen) atoms. The van der Waals surface area contributed by atoms with E-state index in [0.29, 0.717) is 12.0 Å². The highest BCUT2D eigenvalue weighted by Gasteiger charge is 2.41. The largest absolute Gasteiger partial charge is 0.366 e. The molecule has 2 aliphatic heterocycles. The van der Waals surface area contributed by atoms with Crippen molar-refractivity contribution in [2.45, 2.75) is 62.1 Å². The Balaban J connectivity index is 1.08. The van der Waals surface area contributed by atoms with E-state index in [2.05, 4.69) is 48.7 Å². The van der Waals surface area contributed by atoms with E-state index in [0.717, 1.165) is 16.8 Å². The van der Waals surface area contributed by atoms with Gasteiger partial charge in [0.05, 0.1) is 11.9 Å². The second kappa shape index (κ2) is 9.27. The lowest BCUT2D eigenvalue weighted by atomic mass is 9.89. The first kappa shape index (κ1) is 20.3. The first-order valence-corrected chi connectivity index (χ1v) is 12.7. The van der Waals surface area contributed by atoms with Crippen LogP contribution in [0.25, 0.3) is 0 Å². The van der Waals surface area contributed by atoms with Crippen molar-refractivity contribution in [2.24, 2.45) is 13.0 Å². The highest BCUT2D eigenvalue weighted by Crippen LogP contribution is 2.35. The van der Waals surface area contributed by atoms with Crippen LogP contribution in [0.15, 0.2) is 29.7 Å². The van der Waals surface area contributed by atoms with Gasteiger partial charge in [-0.15, -0.1) is 10.2 Å². The molecular formula is C23H34N6S. The summed E-state index contributed by atoms with van der Waals surface area (Å²) in [4.78, 5) is 9.57. The number of nitrogens with zero attached hydrogens (tertiary/aromatic N) is 6. The van der Waals surface area contributed by atoms with Crippen LogP contribution in [-0.4, -0.2) is 62.6 Å². The predicted molar refractivity (Wildman–Crippen MR) is 122 cm³/mol. The van der Waals surface area contributed by atoms with Gasteiger partial charge in [0.1, 0.15) is 5.82 Å². The van der Waals surface area contributed by atoms with Gasteiger partial charge < -0.3 is 14.4 Å². The summed E-state index contributed by atoms with van der Waals surface area (Å²) in [5.41, 5.74) is 1.29. The number of fused-ring (bicyclic) bond motifs is 1. The van der Waals surface area contributed by atoms with Gasteiger partial charge in [-0.3, -0.25) is 4.98 Å². The summed E-state index contributed by atoms with van der Waals surface area (Å²) in [6, 6.07) is 4.93. The maximum Gasteiger partial charge on any atom is 0.190 e. The summed E-state index contributed by atoms with van der Waals surface area (Å²) in [6.45, 7) is 4.82. The summed E-state index contributed by atoms with van der Waals surface area (Å²) in [7, 11) is 2.15. The minimum absolute atomic E-state index is 0.623. The lowest BCUT2D eigenvalue weighted by Gasteiger charge is -2.26. The minimum atomic E-state index is 0.623. The third-order valence-electron chi connectivity index (χ3n) is 7.29. The molecule has 2 aromatic rings. The second-order valence-electron chi connectivity index (χ2n) is 9.22. The predicted octanol–water partition coefficient (Wildman–Crippen LogP) is 3.95. The van der Waals surface area contributed by atoms with Crippen LogP contribution < -0.4 is 4.90 Å². The average molecular weight is 427 g/mol. The summed E-state index contributed by atoms with van der Waals surface area (Å²) in [5, 5.41) is 10.1. The maximum absolute atomic E-state index is 4.54. The molecule has 4 heterocycles. The van der Waals surface area contributed by atoms with Crippen molar-refractivity contribution in [3.63, 3.8) is 0 Å². The first-order chi connectivity index (χ1) is 14.8. The van der Waals surface area contributed by atoms with Gasteiger partial charge in [-0.05, 0) is 50.3 Å². The molecule has 0 radical (unpaired) electrons. The smallest absolute Gasteiger partial charge is 0.190 e. The van der Waals surface area contributed by atoms with Crippen LogP contribution in [0, 0.1) is 5.92 Å². The monoisotopic (exact) mass is 426 g/mol. The van der Waals surface area contributed by atoms with Crippen molar-refractivity contribution in [2.75, 3.05) is 36.8 Å². The molecule has 0 spiro atoms. The number of likely N-dealkylation sites (tertiary alicyclic amines) is 1. The molecule has 0 aromatic carbocycles.